The summed E-state index contributed by atoms with van der Waals surface area (Å²) < 4.78 is 0. The number of hydrogen-bond acceptors (Lipinski definition) is 3. The maximum Gasteiger partial charge on any atom is 0.0461 e. The van der Waals surface area contributed by atoms with E-state index >= 15 is 0 Å². The molecule has 5 aromatic rings. The molecule has 5 aromatic carbocycles. The minimum atomic E-state index is 0.333. The van der Waals surface area contributed by atoms with E-state index in [1.807, 2.05) is 0 Å². The maximum atomic E-state index is 2.50. The van der Waals surface area contributed by atoms with Gasteiger partial charge in [0.2, 0.25) is 0 Å². The number of anilines is 5. The summed E-state index contributed by atoms with van der Waals surface area (Å²) in [7, 11) is 0. The Balaban J connectivity index is 1.11. The molecule has 0 bridgehead atoms. The van der Waals surface area contributed by atoms with Crippen LogP contribution >= 0.6 is 0 Å². The molecule has 0 aromatic heterocycles. The molecule has 0 aliphatic carbocycles. The molecule has 0 spiro atoms. The zero-order chi connectivity index (χ0) is 31.5. The van der Waals surface area contributed by atoms with Crippen LogP contribution in [0.25, 0.3) is 0 Å². The van der Waals surface area contributed by atoms with Crippen LogP contribution < -0.4 is 14.7 Å². The van der Waals surface area contributed by atoms with Gasteiger partial charge < -0.3 is 14.7 Å². The monoisotopic (exact) mass is 605 g/mol. The molecule has 46 heavy (non-hydrogen) atoms. The lowest BCUT2D eigenvalue weighted by atomic mass is 9.92. The molecule has 0 radical (unpaired) electrons. The highest BCUT2D eigenvalue weighted by molar-refractivity contribution is 5.77. The SMILES string of the molecule is Cc1ccc(N(c2ccc(C(C)c3ccc(N4CCCC4)cc3)cc2)c2ccc(C(C)c3ccc(N4CCCC4)cc3)cc2)cc1. The van der Waals surface area contributed by atoms with Crippen molar-refractivity contribution in [2.24, 2.45) is 0 Å². The van der Waals surface area contributed by atoms with Gasteiger partial charge >= 0.3 is 0 Å². The molecule has 0 amide bonds. The van der Waals surface area contributed by atoms with Crippen LogP contribution in [0.1, 0.15) is 79.2 Å². The minimum Gasteiger partial charge on any atom is -0.372 e. The fourth-order valence-electron chi connectivity index (χ4n) is 7.25. The quantitative estimate of drug-likeness (QED) is 0.165. The Hall–Kier alpha value is -4.50. The standard InChI is InChI=1S/C43H47N3/c1-32-8-18-41(19-9-32)46(42-24-14-37(15-25-42)33(2)35-10-20-39(21-11-35)44-28-4-5-29-44)43-26-16-38(17-27-43)34(3)36-12-22-40(23-13-36)45-30-6-7-31-45/h8-27,33-34H,4-7,28-31H2,1-3H3. The number of benzene rings is 5. The molecular weight excluding hydrogens is 558 g/mol. The van der Waals surface area contributed by atoms with Gasteiger partial charge in [-0.3, -0.25) is 0 Å². The predicted octanol–water partition coefficient (Wildman–Crippen LogP) is 11.0. The number of nitrogens with zero attached hydrogens (tertiary/aromatic N) is 3. The summed E-state index contributed by atoms with van der Waals surface area (Å²) in [6, 6.07) is 45.7. The fourth-order valence-corrected chi connectivity index (χ4v) is 7.25. The van der Waals surface area contributed by atoms with Gasteiger partial charge in [0.15, 0.2) is 0 Å². The highest BCUT2D eigenvalue weighted by atomic mass is 15.2. The van der Waals surface area contributed by atoms with E-state index in [2.05, 4.69) is 157 Å². The summed E-state index contributed by atoms with van der Waals surface area (Å²) in [5, 5.41) is 0. The number of rotatable bonds is 9. The molecule has 2 saturated heterocycles. The van der Waals surface area contributed by atoms with E-state index < -0.39 is 0 Å². The van der Waals surface area contributed by atoms with Crippen molar-refractivity contribution in [1.29, 1.82) is 0 Å². The Morgan fingerprint density at radius 3 is 1.02 bits per heavy atom. The van der Waals surface area contributed by atoms with Crippen molar-refractivity contribution in [2.45, 2.75) is 58.3 Å². The normalized spacial score (nSPS) is 16.1. The van der Waals surface area contributed by atoms with E-state index in [1.54, 1.807) is 0 Å². The van der Waals surface area contributed by atoms with E-state index in [1.165, 1.54) is 108 Å². The zero-order valence-corrected chi connectivity index (χ0v) is 27.7. The highest BCUT2D eigenvalue weighted by Gasteiger charge is 2.18. The third-order valence-corrected chi connectivity index (χ3v) is 10.3. The van der Waals surface area contributed by atoms with Gasteiger partial charge in [-0.2, -0.15) is 0 Å². The second kappa shape index (κ2) is 13.5. The molecule has 2 aliphatic heterocycles. The van der Waals surface area contributed by atoms with Crippen molar-refractivity contribution in [3.05, 3.63) is 149 Å². The Morgan fingerprint density at radius 1 is 0.413 bits per heavy atom. The van der Waals surface area contributed by atoms with Crippen molar-refractivity contribution in [3.63, 3.8) is 0 Å². The first-order chi connectivity index (χ1) is 22.5. The van der Waals surface area contributed by atoms with Gasteiger partial charge in [-0.15, -0.1) is 0 Å². The summed E-state index contributed by atoms with van der Waals surface area (Å²) in [5.74, 6) is 0.666. The third-order valence-electron chi connectivity index (χ3n) is 10.3. The van der Waals surface area contributed by atoms with E-state index in [9.17, 15) is 0 Å². The van der Waals surface area contributed by atoms with Gasteiger partial charge in [-0.25, -0.2) is 0 Å². The molecule has 2 aliphatic rings. The first-order valence-electron chi connectivity index (χ1n) is 17.3. The van der Waals surface area contributed by atoms with Crippen LogP contribution in [0.2, 0.25) is 0 Å². The molecule has 2 heterocycles. The van der Waals surface area contributed by atoms with Gasteiger partial charge in [-0.05, 0) is 116 Å². The van der Waals surface area contributed by atoms with E-state index in [0.717, 1.165) is 0 Å². The van der Waals surface area contributed by atoms with Crippen LogP contribution in [0.3, 0.4) is 0 Å². The summed E-state index contributed by atoms with van der Waals surface area (Å²) in [5.41, 5.74) is 12.9. The van der Waals surface area contributed by atoms with Crippen molar-refractivity contribution in [1.82, 2.24) is 0 Å². The average molecular weight is 606 g/mol. The Morgan fingerprint density at radius 2 is 0.696 bits per heavy atom. The average Bonchev–Trinajstić information content (AvgIpc) is 3.86. The molecule has 7 rings (SSSR count). The van der Waals surface area contributed by atoms with Crippen molar-refractivity contribution < 1.29 is 0 Å². The van der Waals surface area contributed by atoms with Crippen LogP contribution in [0.4, 0.5) is 28.4 Å². The van der Waals surface area contributed by atoms with E-state index in [-0.39, 0.29) is 0 Å². The van der Waals surface area contributed by atoms with Crippen LogP contribution in [-0.2, 0) is 0 Å². The Bertz CT molecular complexity index is 1580. The number of hydrogen-bond donors (Lipinski definition) is 0. The third kappa shape index (κ3) is 6.42. The lowest BCUT2D eigenvalue weighted by Crippen LogP contribution is -2.17. The first-order valence-corrected chi connectivity index (χ1v) is 17.3. The molecule has 3 nitrogen and oxygen atoms in total. The van der Waals surface area contributed by atoms with Gasteiger partial charge in [0.1, 0.15) is 0 Å². The zero-order valence-electron chi connectivity index (χ0n) is 27.7. The molecule has 2 fully saturated rings. The second-order valence-electron chi connectivity index (χ2n) is 13.4. The molecule has 3 heteroatoms. The minimum absolute atomic E-state index is 0.333. The summed E-state index contributed by atoms with van der Waals surface area (Å²) in [6.45, 7) is 11.5. The lowest BCUT2D eigenvalue weighted by Gasteiger charge is -2.27. The van der Waals surface area contributed by atoms with Gasteiger partial charge in [0.05, 0.1) is 0 Å². The van der Waals surface area contributed by atoms with Gasteiger partial charge in [0.25, 0.3) is 0 Å². The molecular formula is C43H47N3. The largest absolute Gasteiger partial charge is 0.372 e. The first kappa shape index (κ1) is 30.2. The van der Waals surface area contributed by atoms with Crippen LogP contribution in [-0.4, -0.2) is 26.2 Å². The van der Waals surface area contributed by atoms with Crippen molar-refractivity contribution in [3.8, 4) is 0 Å². The molecule has 2 atom stereocenters. The summed E-state index contributed by atoms with van der Waals surface area (Å²) in [6.07, 6.45) is 5.23. The molecule has 2 unspecified atom stereocenters. The van der Waals surface area contributed by atoms with Crippen LogP contribution in [0, 0.1) is 6.92 Å². The summed E-state index contributed by atoms with van der Waals surface area (Å²) in [4.78, 5) is 7.38. The fraction of sp³-hybridized carbons (Fsp3) is 0.302. The van der Waals surface area contributed by atoms with Crippen LogP contribution in [0.5, 0.6) is 0 Å². The molecule has 234 valence electrons. The lowest BCUT2D eigenvalue weighted by molar-refractivity contribution is 0.915. The van der Waals surface area contributed by atoms with Crippen molar-refractivity contribution in [2.75, 3.05) is 40.9 Å². The smallest absolute Gasteiger partial charge is 0.0461 e. The second-order valence-corrected chi connectivity index (χ2v) is 13.4. The number of aryl methyl sites for hydroxylation is 1. The predicted molar refractivity (Wildman–Crippen MR) is 197 cm³/mol. The van der Waals surface area contributed by atoms with Crippen LogP contribution in [0.15, 0.2) is 121 Å². The maximum absolute atomic E-state index is 2.50. The van der Waals surface area contributed by atoms with Gasteiger partial charge in [-0.1, -0.05) is 80.1 Å². The van der Waals surface area contributed by atoms with Gasteiger partial charge in [0, 0.05) is 66.5 Å². The molecule has 0 saturated carbocycles. The Kier molecular flexibility index (Phi) is 8.83. The molecule has 0 N–H and O–H groups in total. The highest BCUT2D eigenvalue weighted by Crippen LogP contribution is 2.37. The van der Waals surface area contributed by atoms with E-state index in [4.69, 9.17) is 0 Å². The summed E-state index contributed by atoms with van der Waals surface area (Å²) >= 11 is 0. The Labute approximate surface area is 276 Å². The van der Waals surface area contributed by atoms with E-state index in [0.29, 0.717) is 11.8 Å². The topological polar surface area (TPSA) is 9.72 Å². The van der Waals surface area contributed by atoms with Crippen molar-refractivity contribution >= 4 is 28.4 Å².